The molecule has 1 aliphatic heterocycles. The number of carbonyl (C=O) groups is 1. The zero-order valence-corrected chi connectivity index (χ0v) is 12.5. The number of hydrogen-bond acceptors (Lipinski definition) is 2. The normalized spacial score (nSPS) is 17.2. The number of hydrogen-bond donors (Lipinski definition) is 1. The van der Waals surface area contributed by atoms with Crippen molar-refractivity contribution in [2.75, 3.05) is 11.9 Å². The second kappa shape index (κ2) is 6.58. The van der Waals surface area contributed by atoms with Gasteiger partial charge in [-0.05, 0) is 35.4 Å². The summed E-state index contributed by atoms with van der Waals surface area (Å²) in [7, 11) is 0. The minimum Gasteiger partial charge on any atom is -0.364 e. The lowest BCUT2D eigenvalue weighted by Crippen LogP contribution is -2.18. The van der Waals surface area contributed by atoms with Gasteiger partial charge in [0.25, 0.3) is 5.91 Å². The lowest BCUT2D eigenvalue weighted by atomic mass is 9.98. The maximum Gasteiger partial charge on any atom is 0.254 e. The highest BCUT2D eigenvalue weighted by Crippen LogP contribution is 2.35. The van der Waals surface area contributed by atoms with Crippen molar-refractivity contribution in [3.05, 3.63) is 89.8 Å². The van der Waals surface area contributed by atoms with Crippen LogP contribution in [-0.2, 0) is 9.53 Å². The number of nitrogens with one attached hydrogen (secondary N) is 1. The Morgan fingerprint density at radius 3 is 2.52 bits per heavy atom. The minimum atomic E-state index is -0.521. The highest BCUT2D eigenvalue weighted by atomic mass is 19.1. The molecule has 1 unspecified atom stereocenters. The van der Waals surface area contributed by atoms with E-state index in [0.29, 0.717) is 17.9 Å². The van der Waals surface area contributed by atoms with E-state index >= 15 is 0 Å². The summed E-state index contributed by atoms with van der Waals surface area (Å²) in [5.41, 5.74) is 2.70. The van der Waals surface area contributed by atoms with Crippen molar-refractivity contribution in [3.63, 3.8) is 0 Å². The van der Waals surface area contributed by atoms with Gasteiger partial charge in [0.15, 0.2) is 0 Å². The Morgan fingerprint density at radius 1 is 1.17 bits per heavy atom. The second-order valence-corrected chi connectivity index (χ2v) is 5.21. The van der Waals surface area contributed by atoms with Gasteiger partial charge in [-0.1, -0.05) is 43.0 Å². The van der Waals surface area contributed by atoms with Crippen molar-refractivity contribution in [1.29, 1.82) is 0 Å². The van der Waals surface area contributed by atoms with Gasteiger partial charge in [-0.25, -0.2) is 4.39 Å². The zero-order chi connectivity index (χ0) is 16.2. The molecule has 1 amide bonds. The molecule has 3 rings (SSSR count). The summed E-state index contributed by atoms with van der Waals surface area (Å²) in [4.78, 5) is 12.7. The Hall–Kier alpha value is -2.72. The monoisotopic (exact) mass is 309 g/mol. The van der Waals surface area contributed by atoms with Gasteiger partial charge < -0.3 is 10.1 Å². The Kier molecular flexibility index (Phi) is 4.35. The first-order valence-corrected chi connectivity index (χ1v) is 7.28. The summed E-state index contributed by atoms with van der Waals surface area (Å²) >= 11 is 0. The average molecular weight is 309 g/mol. The van der Waals surface area contributed by atoms with E-state index in [1.807, 2.05) is 30.3 Å². The molecule has 0 bridgehead atoms. The summed E-state index contributed by atoms with van der Waals surface area (Å²) in [6.45, 7) is 4.06. The molecule has 1 aliphatic rings. The van der Waals surface area contributed by atoms with Crippen LogP contribution in [0.1, 0.15) is 11.7 Å². The standard InChI is InChI=1S/C19H16FNO2/c1-2-13-12-23-18(14-8-10-15(20)11-9-14)17(13)19(22)21-16-6-4-3-5-7-16/h2-11,18H,1,12H2,(H,21,22). The molecule has 2 aromatic rings. The van der Waals surface area contributed by atoms with E-state index < -0.39 is 6.10 Å². The van der Waals surface area contributed by atoms with Gasteiger partial charge in [-0.15, -0.1) is 0 Å². The highest BCUT2D eigenvalue weighted by molar-refractivity contribution is 6.05. The number of benzene rings is 2. The summed E-state index contributed by atoms with van der Waals surface area (Å²) in [5.74, 6) is -0.562. The summed E-state index contributed by atoms with van der Waals surface area (Å²) in [6.07, 6.45) is 1.11. The van der Waals surface area contributed by atoms with Gasteiger partial charge >= 0.3 is 0 Å². The number of amides is 1. The first-order valence-electron chi connectivity index (χ1n) is 7.28. The molecule has 0 saturated carbocycles. The summed E-state index contributed by atoms with van der Waals surface area (Å²) in [6, 6.07) is 15.2. The predicted molar refractivity (Wildman–Crippen MR) is 87.4 cm³/mol. The van der Waals surface area contributed by atoms with E-state index in [-0.39, 0.29) is 11.7 Å². The molecule has 0 aliphatic carbocycles. The lowest BCUT2D eigenvalue weighted by molar-refractivity contribution is -0.113. The molecule has 1 atom stereocenters. The molecule has 1 heterocycles. The van der Waals surface area contributed by atoms with E-state index in [1.165, 1.54) is 12.1 Å². The molecule has 0 radical (unpaired) electrons. The van der Waals surface area contributed by atoms with Crippen molar-refractivity contribution in [1.82, 2.24) is 0 Å². The maximum atomic E-state index is 13.1. The number of carbonyl (C=O) groups excluding carboxylic acids is 1. The average Bonchev–Trinajstić information content (AvgIpc) is 3.00. The molecule has 3 nitrogen and oxygen atoms in total. The smallest absolute Gasteiger partial charge is 0.254 e. The summed E-state index contributed by atoms with van der Waals surface area (Å²) < 4.78 is 18.8. The van der Waals surface area contributed by atoms with Crippen LogP contribution < -0.4 is 5.32 Å². The zero-order valence-electron chi connectivity index (χ0n) is 12.5. The SMILES string of the molecule is C=CC1=C(C(=O)Nc2ccccc2)C(c2ccc(F)cc2)OC1. The Bertz CT molecular complexity index is 751. The van der Waals surface area contributed by atoms with Crippen LogP contribution in [0, 0.1) is 5.82 Å². The molecule has 23 heavy (non-hydrogen) atoms. The van der Waals surface area contributed by atoms with Gasteiger partial charge in [-0.2, -0.15) is 0 Å². The van der Waals surface area contributed by atoms with Crippen LogP contribution in [0.5, 0.6) is 0 Å². The Labute approximate surface area is 134 Å². The van der Waals surface area contributed by atoms with E-state index in [0.717, 1.165) is 11.1 Å². The van der Waals surface area contributed by atoms with E-state index in [9.17, 15) is 9.18 Å². The number of ether oxygens (including phenoxy) is 1. The largest absolute Gasteiger partial charge is 0.364 e. The minimum absolute atomic E-state index is 0.238. The molecular weight excluding hydrogens is 293 g/mol. The van der Waals surface area contributed by atoms with Gasteiger partial charge in [0, 0.05) is 5.69 Å². The van der Waals surface area contributed by atoms with Crippen LogP contribution in [0.3, 0.4) is 0 Å². The quantitative estimate of drug-likeness (QED) is 0.926. The van der Waals surface area contributed by atoms with Crippen molar-refractivity contribution in [2.45, 2.75) is 6.10 Å². The van der Waals surface area contributed by atoms with Crippen molar-refractivity contribution in [3.8, 4) is 0 Å². The lowest BCUT2D eigenvalue weighted by Gasteiger charge is -2.15. The van der Waals surface area contributed by atoms with Crippen LogP contribution >= 0.6 is 0 Å². The van der Waals surface area contributed by atoms with Gasteiger partial charge in [-0.3, -0.25) is 4.79 Å². The Morgan fingerprint density at radius 2 is 1.87 bits per heavy atom. The van der Waals surface area contributed by atoms with Crippen LogP contribution in [0.2, 0.25) is 0 Å². The number of anilines is 1. The molecule has 0 saturated heterocycles. The van der Waals surface area contributed by atoms with E-state index in [2.05, 4.69) is 11.9 Å². The third-order valence-corrected chi connectivity index (χ3v) is 3.71. The fourth-order valence-corrected chi connectivity index (χ4v) is 2.56. The second-order valence-electron chi connectivity index (χ2n) is 5.21. The number of rotatable bonds is 4. The van der Waals surface area contributed by atoms with Crippen LogP contribution in [0.4, 0.5) is 10.1 Å². The van der Waals surface area contributed by atoms with E-state index in [4.69, 9.17) is 4.74 Å². The van der Waals surface area contributed by atoms with Crippen LogP contribution in [0.25, 0.3) is 0 Å². The molecule has 2 aromatic carbocycles. The first-order chi connectivity index (χ1) is 11.2. The molecule has 0 spiro atoms. The number of halogens is 1. The molecule has 0 aromatic heterocycles. The predicted octanol–water partition coefficient (Wildman–Crippen LogP) is 4.02. The fourth-order valence-electron chi connectivity index (χ4n) is 2.56. The topological polar surface area (TPSA) is 38.3 Å². The first kappa shape index (κ1) is 15.2. The van der Waals surface area contributed by atoms with Gasteiger partial charge in [0.1, 0.15) is 11.9 Å². The van der Waals surface area contributed by atoms with Gasteiger partial charge in [0.2, 0.25) is 0 Å². The maximum absolute atomic E-state index is 13.1. The summed E-state index contributed by atoms with van der Waals surface area (Å²) in [5, 5.41) is 2.86. The third kappa shape index (κ3) is 3.22. The van der Waals surface area contributed by atoms with Crippen LogP contribution in [-0.4, -0.2) is 12.5 Å². The van der Waals surface area contributed by atoms with Gasteiger partial charge in [0.05, 0.1) is 12.2 Å². The molecule has 4 heteroatoms. The van der Waals surface area contributed by atoms with Crippen molar-refractivity contribution >= 4 is 11.6 Å². The van der Waals surface area contributed by atoms with Crippen molar-refractivity contribution in [2.24, 2.45) is 0 Å². The molecule has 116 valence electrons. The third-order valence-electron chi connectivity index (χ3n) is 3.71. The van der Waals surface area contributed by atoms with Crippen molar-refractivity contribution < 1.29 is 13.9 Å². The van der Waals surface area contributed by atoms with Crippen LogP contribution in [0.15, 0.2) is 78.4 Å². The Balaban J connectivity index is 1.90. The molecule has 1 N–H and O–H groups in total. The highest BCUT2D eigenvalue weighted by Gasteiger charge is 2.31. The van der Waals surface area contributed by atoms with E-state index in [1.54, 1.807) is 18.2 Å². The molecular formula is C19H16FNO2. The number of para-hydroxylation sites is 1. The molecule has 0 fully saturated rings. The fraction of sp³-hybridized carbons (Fsp3) is 0.105.